The van der Waals surface area contributed by atoms with E-state index >= 15 is 0 Å². The standard InChI is InChI=1S/C10H12ClF3N4O/c1-5(8(19)18(2)3)15-7-4-6(10(12,13)14)16-9(11)17-7/h4-5H,1-3H3,(H,15,16,17). The summed E-state index contributed by atoms with van der Waals surface area (Å²) in [7, 11) is 3.07. The predicted molar refractivity (Wildman–Crippen MR) is 63.8 cm³/mol. The summed E-state index contributed by atoms with van der Waals surface area (Å²) in [5.41, 5.74) is -1.17. The maximum atomic E-state index is 12.5. The summed E-state index contributed by atoms with van der Waals surface area (Å²) in [6.07, 6.45) is -4.63. The number of likely N-dealkylation sites (N-methyl/N-ethyl adjacent to an activating group) is 1. The minimum absolute atomic E-state index is 0.157. The fourth-order valence-corrected chi connectivity index (χ4v) is 1.49. The number of rotatable bonds is 3. The van der Waals surface area contributed by atoms with Crippen LogP contribution in [0.15, 0.2) is 6.07 Å². The van der Waals surface area contributed by atoms with Crippen LogP contribution in [0.5, 0.6) is 0 Å². The number of carbonyl (C=O) groups excluding carboxylic acids is 1. The number of amides is 1. The maximum absolute atomic E-state index is 12.5. The van der Waals surface area contributed by atoms with Crippen LogP contribution in [-0.4, -0.2) is 40.9 Å². The average Bonchev–Trinajstić information content (AvgIpc) is 2.25. The molecule has 0 fully saturated rings. The summed E-state index contributed by atoms with van der Waals surface area (Å²) in [5.74, 6) is -0.460. The second-order valence-corrected chi connectivity index (χ2v) is 4.34. The Hall–Kier alpha value is -1.57. The monoisotopic (exact) mass is 296 g/mol. The van der Waals surface area contributed by atoms with E-state index < -0.39 is 23.2 Å². The first-order chi connectivity index (χ1) is 8.61. The van der Waals surface area contributed by atoms with Crippen molar-refractivity contribution in [3.05, 3.63) is 17.0 Å². The summed E-state index contributed by atoms with van der Waals surface area (Å²) in [4.78, 5) is 19.6. The molecule has 1 heterocycles. The molecule has 1 N–H and O–H groups in total. The molecule has 0 saturated carbocycles. The number of nitrogens with one attached hydrogen (secondary N) is 1. The largest absolute Gasteiger partial charge is 0.433 e. The van der Waals surface area contributed by atoms with E-state index in [0.717, 1.165) is 0 Å². The molecule has 0 aromatic carbocycles. The molecule has 106 valence electrons. The lowest BCUT2D eigenvalue weighted by Crippen LogP contribution is -2.37. The number of anilines is 1. The minimum Gasteiger partial charge on any atom is -0.358 e. The molecule has 1 rings (SSSR count). The van der Waals surface area contributed by atoms with Crippen LogP contribution in [0, 0.1) is 0 Å². The first kappa shape index (κ1) is 15.5. The molecule has 9 heteroatoms. The van der Waals surface area contributed by atoms with Crippen molar-refractivity contribution in [2.45, 2.75) is 19.1 Å². The summed E-state index contributed by atoms with van der Waals surface area (Å²) in [5, 5.41) is 2.01. The van der Waals surface area contributed by atoms with E-state index in [9.17, 15) is 18.0 Å². The average molecular weight is 297 g/mol. The van der Waals surface area contributed by atoms with Gasteiger partial charge < -0.3 is 10.2 Å². The number of aromatic nitrogens is 2. The van der Waals surface area contributed by atoms with E-state index in [-0.39, 0.29) is 11.7 Å². The number of hydrogen-bond donors (Lipinski definition) is 1. The number of carbonyl (C=O) groups is 1. The number of nitrogens with zero attached hydrogens (tertiary/aromatic N) is 3. The van der Waals surface area contributed by atoms with Gasteiger partial charge in [-0.2, -0.15) is 13.2 Å². The number of hydrogen-bond acceptors (Lipinski definition) is 4. The van der Waals surface area contributed by atoms with E-state index in [1.807, 2.05) is 0 Å². The molecule has 0 aliphatic heterocycles. The summed E-state index contributed by atoms with van der Waals surface area (Å²) < 4.78 is 37.6. The lowest BCUT2D eigenvalue weighted by Gasteiger charge is -2.18. The Labute approximate surface area is 112 Å². The van der Waals surface area contributed by atoms with Gasteiger partial charge in [0.25, 0.3) is 0 Å². The molecule has 0 radical (unpaired) electrons. The topological polar surface area (TPSA) is 58.1 Å². The molecule has 0 saturated heterocycles. The van der Waals surface area contributed by atoms with Crippen molar-refractivity contribution in [2.24, 2.45) is 0 Å². The van der Waals surface area contributed by atoms with Crippen LogP contribution in [0.3, 0.4) is 0 Å². The highest BCUT2D eigenvalue weighted by atomic mass is 35.5. The van der Waals surface area contributed by atoms with Crippen molar-refractivity contribution in [1.82, 2.24) is 14.9 Å². The van der Waals surface area contributed by atoms with Crippen molar-refractivity contribution in [2.75, 3.05) is 19.4 Å². The molecule has 0 spiro atoms. The van der Waals surface area contributed by atoms with Crippen LogP contribution in [0.25, 0.3) is 0 Å². The smallest absolute Gasteiger partial charge is 0.358 e. The van der Waals surface area contributed by atoms with Crippen LogP contribution in [0.2, 0.25) is 5.28 Å². The highest BCUT2D eigenvalue weighted by Crippen LogP contribution is 2.29. The first-order valence-corrected chi connectivity index (χ1v) is 5.58. The Balaban J connectivity index is 2.96. The maximum Gasteiger partial charge on any atom is 0.433 e. The van der Waals surface area contributed by atoms with Crippen molar-refractivity contribution in [1.29, 1.82) is 0 Å². The predicted octanol–water partition coefficient (Wildman–Crippen LogP) is 2.04. The fraction of sp³-hybridized carbons (Fsp3) is 0.500. The minimum atomic E-state index is -4.63. The Morgan fingerprint density at radius 1 is 1.42 bits per heavy atom. The van der Waals surface area contributed by atoms with Crippen molar-refractivity contribution >= 4 is 23.3 Å². The van der Waals surface area contributed by atoms with Gasteiger partial charge in [0.2, 0.25) is 11.2 Å². The Bertz CT molecular complexity index is 478. The van der Waals surface area contributed by atoms with Gasteiger partial charge in [0.1, 0.15) is 11.9 Å². The summed E-state index contributed by atoms with van der Waals surface area (Å²) in [6.45, 7) is 1.51. The third kappa shape index (κ3) is 4.23. The highest BCUT2D eigenvalue weighted by molar-refractivity contribution is 6.28. The lowest BCUT2D eigenvalue weighted by atomic mass is 10.3. The van der Waals surface area contributed by atoms with Gasteiger partial charge in [-0.05, 0) is 18.5 Å². The van der Waals surface area contributed by atoms with Gasteiger partial charge in [-0.1, -0.05) is 0 Å². The van der Waals surface area contributed by atoms with Crippen molar-refractivity contribution < 1.29 is 18.0 Å². The molecular weight excluding hydrogens is 285 g/mol. The van der Waals surface area contributed by atoms with Crippen molar-refractivity contribution in [3.8, 4) is 0 Å². The van der Waals surface area contributed by atoms with E-state index in [1.54, 1.807) is 0 Å². The molecule has 1 amide bonds. The summed E-state index contributed by atoms with van der Waals surface area (Å²) in [6, 6.07) is -0.0345. The van der Waals surface area contributed by atoms with Gasteiger partial charge in [-0.15, -0.1) is 0 Å². The molecule has 19 heavy (non-hydrogen) atoms. The second kappa shape index (κ2) is 5.60. The van der Waals surface area contributed by atoms with Gasteiger partial charge in [0.05, 0.1) is 0 Å². The van der Waals surface area contributed by atoms with Crippen LogP contribution < -0.4 is 5.32 Å². The van der Waals surface area contributed by atoms with Crippen LogP contribution in [-0.2, 0) is 11.0 Å². The molecule has 0 aliphatic carbocycles. The van der Waals surface area contributed by atoms with Gasteiger partial charge in [-0.25, -0.2) is 9.97 Å². The second-order valence-electron chi connectivity index (χ2n) is 4.00. The van der Waals surface area contributed by atoms with Gasteiger partial charge in [0.15, 0.2) is 5.69 Å². The zero-order valence-corrected chi connectivity index (χ0v) is 11.2. The number of alkyl halides is 3. The Morgan fingerprint density at radius 2 is 2.00 bits per heavy atom. The zero-order chi connectivity index (χ0) is 14.8. The van der Waals surface area contributed by atoms with Gasteiger partial charge in [0, 0.05) is 20.2 Å². The van der Waals surface area contributed by atoms with E-state index in [4.69, 9.17) is 11.6 Å². The number of halogens is 4. The third-order valence-corrected chi connectivity index (χ3v) is 2.33. The molecule has 1 aromatic heterocycles. The first-order valence-electron chi connectivity index (χ1n) is 5.20. The Morgan fingerprint density at radius 3 is 2.47 bits per heavy atom. The van der Waals surface area contributed by atoms with Crippen LogP contribution in [0.1, 0.15) is 12.6 Å². The lowest BCUT2D eigenvalue weighted by molar-refractivity contribution is -0.141. The highest BCUT2D eigenvalue weighted by Gasteiger charge is 2.33. The van der Waals surface area contributed by atoms with Gasteiger partial charge >= 0.3 is 6.18 Å². The molecule has 0 bridgehead atoms. The molecule has 1 unspecified atom stereocenters. The third-order valence-electron chi connectivity index (χ3n) is 2.16. The van der Waals surface area contributed by atoms with Crippen LogP contribution in [0.4, 0.5) is 19.0 Å². The van der Waals surface area contributed by atoms with E-state index in [1.165, 1.54) is 25.9 Å². The zero-order valence-electron chi connectivity index (χ0n) is 10.4. The molecule has 1 atom stereocenters. The van der Waals surface area contributed by atoms with E-state index in [2.05, 4.69) is 15.3 Å². The summed E-state index contributed by atoms with van der Waals surface area (Å²) >= 11 is 5.42. The Kier molecular flexibility index (Phi) is 4.56. The molecule has 0 aliphatic rings. The normalized spacial score (nSPS) is 13.0. The van der Waals surface area contributed by atoms with E-state index in [0.29, 0.717) is 6.07 Å². The fourth-order valence-electron chi connectivity index (χ4n) is 1.31. The van der Waals surface area contributed by atoms with Crippen LogP contribution >= 0.6 is 11.6 Å². The van der Waals surface area contributed by atoms with Gasteiger partial charge in [-0.3, -0.25) is 4.79 Å². The molecule has 5 nitrogen and oxygen atoms in total. The van der Waals surface area contributed by atoms with Crippen molar-refractivity contribution in [3.63, 3.8) is 0 Å². The molecular formula is C10H12ClF3N4O. The SMILES string of the molecule is CC(Nc1cc(C(F)(F)F)nc(Cl)n1)C(=O)N(C)C. The molecule has 1 aromatic rings. The quantitative estimate of drug-likeness (QED) is 0.867.